The molecule has 0 spiro atoms. The van der Waals surface area contributed by atoms with Crippen molar-refractivity contribution in [2.24, 2.45) is 7.05 Å². The number of nitrogens with zero attached hydrogens (tertiary/aromatic N) is 3. The number of carbonyl (C=O) groups is 2. The van der Waals surface area contributed by atoms with Gasteiger partial charge in [-0.25, -0.2) is 17.6 Å². The fraction of sp³-hybridized carbons (Fsp3) is 0.185. The molecule has 0 saturated heterocycles. The van der Waals surface area contributed by atoms with Gasteiger partial charge in [-0.05, 0) is 48.9 Å². The van der Waals surface area contributed by atoms with Crippen molar-refractivity contribution in [3.05, 3.63) is 92.6 Å². The van der Waals surface area contributed by atoms with Crippen LogP contribution in [0.15, 0.2) is 42.5 Å². The molecule has 1 aromatic heterocycles. The number of nitrogens with one attached hydrogen (secondary N) is 1. The number of halogens is 8. The summed E-state index contributed by atoms with van der Waals surface area (Å²) in [5.41, 5.74) is -4.02. The summed E-state index contributed by atoms with van der Waals surface area (Å²) in [5, 5.41) is 16.3. The molecule has 0 aliphatic heterocycles. The fourth-order valence-corrected chi connectivity index (χ4v) is 4.46. The van der Waals surface area contributed by atoms with E-state index >= 15 is 0 Å². The van der Waals surface area contributed by atoms with Crippen LogP contribution in [0, 0.1) is 23.0 Å². The maximum atomic E-state index is 14.0. The van der Waals surface area contributed by atoms with Crippen molar-refractivity contribution in [3.63, 3.8) is 0 Å². The van der Waals surface area contributed by atoms with E-state index in [-0.39, 0.29) is 34.1 Å². The number of hydrogen-bond donors (Lipinski definition) is 1. The SMILES string of the molecule is Cn1nc2c(C#N)c(C(=O)c3cc(F)ccc3Cl)c(NC(=O)c3cc(F)cc(C(F)(F)F)c3)cc2c1CCC(F)F. The predicted molar refractivity (Wildman–Crippen MR) is 134 cm³/mol. The van der Waals surface area contributed by atoms with Crippen LogP contribution < -0.4 is 5.32 Å². The normalized spacial score (nSPS) is 11.6. The number of fused-ring (bicyclic) bond motifs is 1. The van der Waals surface area contributed by atoms with Crippen LogP contribution in [0.4, 0.5) is 36.4 Å². The monoisotopic (exact) mass is 596 g/mol. The molecule has 0 atom stereocenters. The van der Waals surface area contributed by atoms with Crippen LogP contribution in [0.2, 0.25) is 5.02 Å². The van der Waals surface area contributed by atoms with Crippen molar-refractivity contribution < 1.29 is 40.3 Å². The first-order valence-corrected chi connectivity index (χ1v) is 12.0. The van der Waals surface area contributed by atoms with Crippen molar-refractivity contribution in [3.8, 4) is 6.07 Å². The van der Waals surface area contributed by atoms with Crippen LogP contribution in [0.1, 0.15) is 49.5 Å². The summed E-state index contributed by atoms with van der Waals surface area (Å²) in [6, 6.07) is 6.81. The van der Waals surface area contributed by atoms with Gasteiger partial charge in [-0.3, -0.25) is 14.3 Å². The third kappa shape index (κ3) is 6.02. The molecule has 0 fully saturated rings. The first-order chi connectivity index (χ1) is 19.2. The maximum absolute atomic E-state index is 14.0. The van der Waals surface area contributed by atoms with E-state index < -0.39 is 75.9 Å². The van der Waals surface area contributed by atoms with Crippen molar-refractivity contribution in [1.29, 1.82) is 5.26 Å². The minimum absolute atomic E-state index is 0.0807. The Labute approximate surface area is 231 Å². The molecule has 4 aromatic rings. The van der Waals surface area contributed by atoms with Crippen LogP contribution >= 0.6 is 11.6 Å². The van der Waals surface area contributed by atoms with Gasteiger partial charge >= 0.3 is 6.18 Å². The Bertz CT molecular complexity index is 1740. The number of ketones is 1. The Morgan fingerprint density at radius 2 is 1.80 bits per heavy atom. The van der Waals surface area contributed by atoms with E-state index in [0.29, 0.717) is 12.1 Å². The summed E-state index contributed by atoms with van der Waals surface area (Å²) in [5.74, 6) is -4.59. The third-order valence-corrected chi connectivity index (χ3v) is 6.43. The van der Waals surface area contributed by atoms with Gasteiger partial charge in [0.15, 0.2) is 5.78 Å². The Balaban J connectivity index is 1.96. The molecular formula is C27H16ClF7N4O2. The van der Waals surface area contributed by atoms with E-state index in [1.54, 1.807) is 6.07 Å². The van der Waals surface area contributed by atoms with E-state index in [4.69, 9.17) is 11.6 Å². The quantitative estimate of drug-likeness (QED) is 0.182. The number of rotatable bonds is 7. The Hall–Kier alpha value is -4.44. The highest BCUT2D eigenvalue weighted by Gasteiger charge is 2.33. The van der Waals surface area contributed by atoms with Gasteiger partial charge in [0.1, 0.15) is 23.2 Å². The second-order valence-corrected chi connectivity index (χ2v) is 9.22. The molecule has 1 heterocycles. The molecule has 0 aliphatic carbocycles. The van der Waals surface area contributed by atoms with Crippen LogP contribution in [-0.4, -0.2) is 27.9 Å². The Kier molecular flexibility index (Phi) is 8.08. The van der Waals surface area contributed by atoms with Gasteiger partial charge in [-0.2, -0.15) is 23.5 Å². The largest absolute Gasteiger partial charge is 0.416 e. The summed E-state index contributed by atoms with van der Waals surface area (Å²) < 4.78 is 94.9. The van der Waals surface area contributed by atoms with E-state index in [0.717, 1.165) is 24.3 Å². The number of hydrogen-bond acceptors (Lipinski definition) is 4. The highest BCUT2D eigenvalue weighted by molar-refractivity contribution is 6.35. The average Bonchev–Trinajstić information content (AvgIpc) is 3.21. The molecule has 1 N–H and O–H groups in total. The van der Waals surface area contributed by atoms with Crippen molar-refractivity contribution in [2.45, 2.75) is 25.4 Å². The van der Waals surface area contributed by atoms with Gasteiger partial charge in [0.25, 0.3) is 5.91 Å². The molecule has 1 amide bonds. The summed E-state index contributed by atoms with van der Waals surface area (Å²) >= 11 is 6.09. The van der Waals surface area contributed by atoms with E-state index in [9.17, 15) is 45.6 Å². The van der Waals surface area contributed by atoms with Crippen LogP contribution in [-0.2, 0) is 19.6 Å². The lowest BCUT2D eigenvalue weighted by atomic mass is 9.93. The first kappa shape index (κ1) is 29.5. The number of nitriles is 1. The number of anilines is 1. The van der Waals surface area contributed by atoms with E-state index in [1.165, 1.54) is 11.7 Å². The summed E-state index contributed by atoms with van der Waals surface area (Å²) in [4.78, 5) is 26.7. The minimum atomic E-state index is -4.99. The summed E-state index contributed by atoms with van der Waals surface area (Å²) in [6.45, 7) is 0. The lowest BCUT2D eigenvalue weighted by molar-refractivity contribution is -0.137. The molecule has 41 heavy (non-hydrogen) atoms. The first-order valence-electron chi connectivity index (χ1n) is 11.6. The maximum Gasteiger partial charge on any atom is 0.416 e. The van der Waals surface area contributed by atoms with Crippen LogP contribution in [0.25, 0.3) is 10.9 Å². The number of carbonyl (C=O) groups excluding carboxylic acids is 2. The number of amides is 1. The molecule has 0 bridgehead atoms. The molecule has 0 radical (unpaired) electrons. The van der Waals surface area contributed by atoms with Crippen molar-refractivity contribution in [2.75, 3.05) is 5.32 Å². The molecular weight excluding hydrogens is 581 g/mol. The topological polar surface area (TPSA) is 87.8 Å². The summed E-state index contributed by atoms with van der Waals surface area (Å²) in [6.07, 6.45) is -8.51. The van der Waals surface area contributed by atoms with Gasteiger partial charge in [0.05, 0.1) is 27.4 Å². The Morgan fingerprint density at radius 1 is 1.10 bits per heavy atom. The average molecular weight is 597 g/mol. The number of aromatic nitrogens is 2. The standard InChI is InChI=1S/C27H16ClF7N4O2/c1-39-21(4-5-22(31)32)17-10-20(37-26(41)12-6-13(27(33,34)35)8-15(30)7-12)23(18(11-36)24(17)38-39)25(40)16-9-14(29)2-3-19(16)28/h2-3,6-10,22H,4-5H2,1H3,(H,37,41). The zero-order valence-corrected chi connectivity index (χ0v) is 21.5. The molecule has 212 valence electrons. The second-order valence-electron chi connectivity index (χ2n) is 8.82. The number of aryl methyl sites for hydroxylation is 2. The van der Waals surface area contributed by atoms with Crippen LogP contribution in [0.3, 0.4) is 0 Å². The van der Waals surface area contributed by atoms with E-state index in [2.05, 4.69) is 10.4 Å². The molecule has 6 nitrogen and oxygen atoms in total. The van der Waals surface area contributed by atoms with Gasteiger partial charge in [0.2, 0.25) is 6.43 Å². The smallest absolute Gasteiger partial charge is 0.321 e. The predicted octanol–water partition coefficient (Wildman–Crippen LogP) is 7.08. The van der Waals surface area contributed by atoms with Crippen LogP contribution in [0.5, 0.6) is 0 Å². The van der Waals surface area contributed by atoms with Crippen molar-refractivity contribution in [1.82, 2.24) is 9.78 Å². The molecule has 4 rings (SSSR count). The van der Waals surface area contributed by atoms with Gasteiger partial charge in [-0.15, -0.1) is 0 Å². The van der Waals surface area contributed by atoms with E-state index in [1.807, 2.05) is 0 Å². The number of benzene rings is 3. The fourth-order valence-electron chi connectivity index (χ4n) is 4.25. The lowest BCUT2D eigenvalue weighted by Gasteiger charge is -2.15. The molecule has 14 heteroatoms. The lowest BCUT2D eigenvalue weighted by Crippen LogP contribution is -2.18. The summed E-state index contributed by atoms with van der Waals surface area (Å²) in [7, 11) is 1.40. The highest BCUT2D eigenvalue weighted by Crippen LogP contribution is 2.35. The van der Waals surface area contributed by atoms with Gasteiger partial charge < -0.3 is 5.32 Å². The van der Waals surface area contributed by atoms with Gasteiger partial charge in [-0.1, -0.05) is 11.6 Å². The van der Waals surface area contributed by atoms with Crippen molar-refractivity contribution >= 4 is 39.9 Å². The molecule has 0 saturated carbocycles. The second kappa shape index (κ2) is 11.2. The Morgan fingerprint density at radius 3 is 2.44 bits per heavy atom. The zero-order valence-electron chi connectivity index (χ0n) is 20.7. The van der Waals surface area contributed by atoms with Gasteiger partial charge in [0, 0.05) is 35.7 Å². The minimum Gasteiger partial charge on any atom is -0.321 e. The highest BCUT2D eigenvalue weighted by atomic mass is 35.5. The number of alkyl halides is 5. The molecule has 0 aliphatic rings. The zero-order chi connectivity index (χ0) is 30.2. The molecule has 3 aromatic carbocycles. The molecule has 0 unspecified atom stereocenters. The third-order valence-electron chi connectivity index (χ3n) is 6.10.